The molecule has 0 bridgehead atoms. The van der Waals surface area contributed by atoms with Gasteiger partial charge in [-0.15, -0.1) is 0 Å². The molecule has 8 heteroatoms. The van der Waals surface area contributed by atoms with E-state index < -0.39 is 41.8 Å². The van der Waals surface area contributed by atoms with Gasteiger partial charge in [0.05, 0.1) is 19.1 Å². The van der Waals surface area contributed by atoms with E-state index in [1.54, 1.807) is 72.8 Å². The van der Waals surface area contributed by atoms with E-state index in [4.69, 9.17) is 5.73 Å². The molecule has 0 aliphatic heterocycles. The Morgan fingerprint density at radius 2 is 1.23 bits per heavy atom. The number of aliphatic hydroxyl groups excluding tert-OH is 1. The lowest BCUT2D eigenvalue weighted by molar-refractivity contribution is -0.166. The number of carboxylic acids is 1. The smallest absolute Gasteiger partial charge is 0.319 e. The van der Waals surface area contributed by atoms with Crippen molar-refractivity contribution in [3.05, 3.63) is 138 Å². The molecule has 43 heavy (non-hydrogen) atoms. The van der Waals surface area contributed by atoms with Gasteiger partial charge in [0.15, 0.2) is 5.41 Å². The van der Waals surface area contributed by atoms with Crippen LogP contribution in [-0.2, 0) is 40.2 Å². The predicted molar refractivity (Wildman–Crippen MR) is 163 cm³/mol. The summed E-state index contributed by atoms with van der Waals surface area (Å²) in [6.07, 6.45) is -2.05. The number of nitrogens with two attached hydrogens (primary N) is 1. The first kappa shape index (κ1) is 31.2. The zero-order chi connectivity index (χ0) is 30.8. The van der Waals surface area contributed by atoms with E-state index in [2.05, 4.69) is 0 Å². The number of carboxylic acid groups (broad SMARTS) is 1. The van der Waals surface area contributed by atoms with Gasteiger partial charge in [0.2, 0.25) is 11.8 Å². The van der Waals surface area contributed by atoms with Crippen LogP contribution in [0.1, 0.15) is 28.7 Å². The number of amides is 2. The van der Waals surface area contributed by atoms with Gasteiger partial charge < -0.3 is 21.1 Å². The maximum atomic E-state index is 14.6. The summed E-state index contributed by atoms with van der Waals surface area (Å²) in [6.45, 7) is -0.160. The molecule has 222 valence electrons. The summed E-state index contributed by atoms with van der Waals surface area (Å²) in [5, 5.41) is 31.7. The summed E-state index contributed by atoms with van der Waals surface area (Å²) >= 11 is 0. The normalized spacial score (nSPS) is 13.8. The fourth-order valence-corrected chi connectivity index (χ4v) is 5.15. The molecule has 0 saturated heterocycles. The van der Waals surface area contributed by atoms with E-state index in [9.17, 15) is 29.7 Å². The molecular weight excluding hydrogens is 544 g/mol. The number of carbonyl (C=O) groups is 3. The molecule has 0 aliphatic carbocycles. The van der Waals surface area contributed by atoms with E-state index in [1.807, 2.05) is 30.3 Å². The largest absolute Gasteiger partial charge is 0.508 e. The van der Waals surface area contributed by atoms with Crippen molar-refractivity contribution in [2.24, 2.45) is 11.1 Å². The van der Waals surface area contributed by atoms with Gasteiger partial charge in [-0.25, -0.2) is 0 Å². The van der Waals surface area contributed by atoms with E-state index in [-0.39, 0.29) is 31.6 Å². The van der Waals surface area contributed by atoms with E-state index in [0.29, 0.717) is 16.7 Å². The van der Waals surface area contributed by atoms with Crippen molar-refractivity contribution in [3.8, 4) is 5.75 Å². The van der Waals surface area contributed by atoms with Gasteiger partial charge in [-0.3, -0.25) is 19.3 Å². The molecule has 0 aromatic heterocycles. The average Bonchev–Trinajstić information content (AvgIpc) is 3.01. The topological polar surface area (TPSA) is 141 Å². The van der Waals surface area contributed by atoms with Crippen LogP contribution < -0.4 is 5.73 Å². The second-order valence-corrected chi connectivity index (χ2v) is 10.8. The van der Waals surface area contributed by atoms with Gasteiger partial charge in [-0.1, -0.05) is 103 Å². The minimum absolute atomic E-state index is 0.0296. The van der Waals surface area contributed by atoms with E-state index in [0.717, 1.165) is 10.5 Å². The highest BCUT2D eigenvalue weighted by molar-refractivity contribution is 6.08. The van der Waals surface area contributed by atoms with E-state index >= 15 is 0 Å². The van der Waals surface area contributed by atoms with Gasteiger partial charge in [0.25, 0.3) is 0 Å². The summed E-state index contributed by atoms with van der Waals surface area (Å²) < 4.78 is 0. The van der Waals surface area contributed by atoms with Crippen LogP contribution in [0.15, 0.2) is 115 Å². The first-order valence-electron chi connectivity index (χ1n) is 14.1. The van der Waals surface area contributed by atoms with Gasteiger partial charge >= 0.3 is 5.97 Å². The van der Waals surface area contributed by atoms with E-state index in [1.165, 1.54) is 12.1 Å². The molecule has 0 spiro atoms. The Kier molecular flexibility index (Phi) is 10.4. The third kappa shape index (κ3) is 8.16. The Hall–Kier alpha value is -4.79. The zero-order valence-electron chi connectivity index (χ0n) is 23.8. The second-order valence-electron chi connectivity index (χ2n) is 10.8. The average molecular weight is 581 g/mol. The van der Waals surface area contributed by atoms with Gasteiger partial charge in [-0.2, -0.15) is 0 Å². The van der Waals surface area contributed by atoms with Crippen molar-refractivity contribution in [1.29, 1.82) is 0 Å². The third-order valence-corrected chi connectivity index (χ3v) is 7.55. The Labute approximate surface area is 251 Å². The molecule has 2 amide bonds. The number of aliphatic hydroxyl groups is 1. The molecule has 0 radical (unpaired) electrons. The monoisotopic (exact) mass is 580 g/mol. The summed E-state index contributed by atoms with van der Waals surface area (Å²) in [7, 11) is 0. The molecule has 4 aromatic carbocycles. The SMILES string of the molecule is N[C@@H](Cc1ccccc1)[C@@H](O)C[C@@](Cc1ccccc1)(C(=O)O)C(=O)N(Cc1ccccc1)C(=O)Cc1ccc(O)cc1. The first-order valence-corrected chi connectivity index (χ1v) is 14.1. The molecule has 0 aliphatic rings. The molecule has 4 aromatic rings. The van der Waals surface area contributed by atoms with Crippen molar-refractivity contribution in [1.82, 2.24) is 4.90 Å². The standard InChI is InChI=1S/C35H36N2O6/c36-30(20-25-10-4-1-5-11-25)31(39)23-35(34(42)43,22-27-12-6-2-7-13-27)33(41)37(24-28-14-8-3-9-15-28)32(40)21-26-16-18-29(38)19-17-26/h1-19,30-31,38-39H,20-24,36H2,(H,42,43)/t30-,31-,35+/m0/s1. The van der Waals surface area contributed by atoms with Crippen LogP contribution in [0.25, 0.3) is 0 Å². The number of carbonyl (C=O) groups excluding carboxylic acids is 2. The van der Waals surface area contributed by atoms with Crippen LogP contribution in [-0.4, -0.2) is 50.1 Å². The fraction of sp³-hybridized carbons (Fsp3) is 0.229. The predicted octanol–water partition coefficient (Wildman–Crippen LogP) is 4.12. The highest BCUT2D eigenvalue weighted by atomic mass is 16.4. The van der Waals surface area contributed by atoms with Gasteiger partial charge in [0.1, 0.15) is 5.75 Å². The Bertz CT molecular complexity index is 1500. The van der Waals surface area contributed by atoms with Crippen molar-refractivity contribution in [2.75, 3.05) is 0 Å². The Balaban J connectivity index is 1.73. The summed E-state index contributed by atoms with van der Waals surface area (Å²) in [5.41, 5.74) is 6.77. The Morgan fingerprint density at radius 3 is 1.77 bits per heavy atom. The molecule has 3 atom stereocenters. The molecule has 0 heterocycles. The number of nitrogens with zero attached hydrogens (tertiary/aromatic N) is 1. The molecular formula is C35H36N2O6. The van der Waals surface area contributed by atoms with Crippen LogP contribution in [0.3, 0.4) is 0 Å². The number of phenols is 1. The van der Waals surface area contributed by atoms with Crippen LogP contribution in [0.5, 0.6) is 5.75 Å². The first-order chi connectivity index (χ1) is 20.7. The third-order valence-electron chi connectivity index (χ3n) is 7.55. The number of benzene rings is 4. The van der Waals surface area contributed by atoms with Crippen molar-refractivity contribution >= 4 is 17.8 Å². The van der Waals surface area contributed by atoms with Crippen LogP contribution in [0.2, 0.25) is 0 Å². The number of aromatic hydroxyl groups is 1. The number of hydrogen-bond acceptors (Lipinski definition) is 6. The fourth-order valence-electron chi connectivity index (χ4n) is 5.15. The molecule has 5 N–H and O–H groups in total. The molecule has 0 saturated carbocycles. The van der Waals surface area contributed by atoms with Crippen molar-refractivity contribution < 1.29 is 29.7 Å². The molecule has 0 fully saturated rings. The van der Waals surface area contributed by atoms with Crippen molar-refractivity contribution in [2.45, 2.75) is 44.4 Å². The van der Waals surface area contributed by atoms with Crippen molar-refractivity contribution in [3.63, 3.8) is 0 Å². The van der Waals surface area contributed by atoms with Gasteiger partial charge in [-0.05, 0) is 47.2 Å². The second kappa shape index (κ2) is 14.4. The minimum atomic E-state index is -2.20. The lowest BCUT2D eigenvalue weighted by Crippen LogP contribution is -2.55. The zero-order valence-corrected chi connectivity index (χ0v) is 23.8. The highest BCUT2D eigenvalue weighted by Gasteiger charge is 2.51. The van der Waals surface area contributed by atoms with Crippen LogP contribution in [0, 0.1) is 5.41 Å². The minimum Gasteiger partial charge on any atom is -0.508 e. The highest BCUT2D eigenvalue weighted by Crippen LogP contribution is 2.34. The Morgan fingerprint density at radius 1 is 0.721 bits per heavy atom. The summed E-state index contributed by atoms with van der Waals surface area (Å²) in [5.74, 6) is -2.96. The number of rotatable bonds is 13. The summed E-state index contributed by atoms with van der Waals surface area (Å²) in [6, 6.07) is 31.9. The van der Waals surface area contributed by atoms with Gasteiger partial charge in [0, 0.05) is 12.5 Å². The summed E-state index contributed by atoms with van der Waals surface area (Å²) in [4.78, 5) is 42.5. The number of phenolic OH excluding ortho intramolecular Hbond substituents is 1. The number of hydrogen-bond donors (Lipinski definition) is 4. The molecule has 8 nitrogen and oxygen atoms in total. The lowest BCUT2D eigenvalue weighted by atomic mass is 9.74. The van der Waals surface area contributed by atoms with Crippen LogP contribution in [0.4, 0.5) is 0 Å². The number of imide groups is 1. The van der Waals surface area contributed by atoms with Crippen LogP contribution >= 0.6 is 0 Å². The molecule has 4 rings (SSSR count). The lowest BCUT2D eigenvalue weighted by Gasteiger charge is -2.36. The molecule has 0 unspecified atom stereocenters. The maximum Gasteiger partial charge on any atom is 0.319 e. The maximum absolute atomic E-state index is 14.6. The number of aliphatic carboxylic acids is 1. The quantitative estimate of drug-likeness (QED) is 0.174.